The monoisotopic (exact) mass is 289 g/mol. The Balaban J connectivity index is 1.78. The quantitative estimate of drug-likeness (QED) is 0.668. The topological polar surface area (TPSA) is 72.5 Å². The van der Waals surface area contributed by atoms with E-state index >= 15 is 0 Å². The van der Waals surface area contributed by atoms with Gasteiger partial charge in [0.1, 0.15) is 0 Å². The Morgan fingerprint density at radius 2 is 1.76 bits per heavy atom. The van der Waals surface area contributed by atoms with Gasteiger partial charge in [0.25, 0.3) is 5.91 Å². The molecule has 2 rings (SSSR count). The molecule has 0 aromatic heterocycles. The van der Waals surface area contributed by atoms with E-state index in [0.717, 1.165) is 25.7 Å². The Labute approximate surface area is 123 Å². The van der Waals surface area contributed by atoms with Crippen molar-refractivity contribution in [2.45, 2.75) is 32.6 Å². The average molecular weight is 289 g/mol. The van der Waals surface area contributed by atoms with Crippen LogP contribution in [0.25, 0.3) is 0 Å². The first-order valence-corrected chi connectivity index (χ1v) is 7.14. The highest BCUT2D eigenvalue weighted by Gasteiger charge is 2.24. The van der Waals surface area contributed by atoms with E-state index in [0.29, 0.717) is 11.3 Å². The third-order valence-electron chi connectivity index (χ3n) is 3.61. The summed E-state index contributed by atoms with van der Waals surface area (Å²) < 4.78 is 5.02. The number of Topliss-reactive ketones (excluding diaryl/α,β-unsaturated/α-hetero) is 1. The highest BCUT2D eigenvalue weighted by atomic mass is 16.5. The van der Waals surface area contributed by atoms with Crippen molar-refractivity contribution in [3.05, 3.63) is 29.8 Å². The fourth-order valence-corrected chi connectivity index (χ4v) is 2.40. The highest BCUT2D eigenvalue weighted by molar-refractivity contribution is 5.96. The van der Waals surface area contributed by atoms with Crippen molar-refractivity contribution in [1.82, 2.24) is 0 Å². The summed E-state index contributed by atoms with van der Waals surface area (Å²) in [5, 5.41) is 2.63. The minimum atomic E-state index is -0.378. The van der Waals surface area contributed by atoms with Crippen LogP contribution in [0, 0.1) is 5.92 Å². The van der Waals surface area contributed by atoms with Gasteiger partial charge >= 0.3 is 5.97 Å². The van der Waals surface area contributed by atoms with E-state index < -0.39 is 0 Å². The van der Waals surface area contributed by atoms with E-state index in [1.165, 1.54) is 6.92 Å². The largest absolute Gasteiger partial charge is 0.455 e. The second-order valence-corrected chi connectivity index (χ2v) is 5.27. The molecule has 1 amide bonds. The number of ether oxygens (including phenoxy) is 1. The van der Waals surface area contributed by atoms with Crippen LogP contribution in [0.1, 0.15) is 43.0 Å². The summed E-state index contributed by atoms with van der Waals surface area (Å²) in [6.45, 7) is 1.21. The van der Waals surface area contributed by atoms with Crippen LogP contribution >= 0.6 is 0 Å². The van der Waals surface area contributed by atoms with Crippen molar-refractivity contribution < 1.29 is 19.1 Å². The lowest BCUT2D eigenvalue weighted by molar-refractivity contribution is -0.151. The van der Waals surface area contributed by atoms with Crippen LogP contribution in [0.5, 0.6) is 0 Å². The zero-order valence-electron chi connectivity index (χ0n) is 12.1. The molecule has 21 heavy (non-hydrogen) atoms. The lowest BCUT2D eigenvalue weighted by Crippen LogP contribution is -2.23. The van der Waals surface area contributed by atoms with Crippen LogP contribution < -0.4 is 5.32 Å². The number of amides is 1. The van der Waals surface area contributed by atoms with E-state index in [9.17, 15) is 14.4 Å². The molecule has 5 heteroatoms. The molecule has 1 aliphatic rings. The van der Waals surface area contributed by atoms with E-state index in [4.69, 9.17) is 4.74 Å². The molecular weight excluding hydrogens is 270 g/mol. The summed E-state index contributed by atoms with van der Waals surface area (Å²) in [4.78, 5) is 34.5. The maximum atomic E-state index is 11.7. The Kier molecular flexibility index (Phi) is 5.09. The maximum absolute atomic E-state index is 11.7. The number of esters is 1. The lowest BCUT2D eigenvalue weighted by Gasteiger charge is -2.10. The van der Waals surface area contributed by atoms with E-state index in [1.54, 1.807) is 24.3 Å². The molecule has 112 valence electrons. The zero-order chi connectivity index (χ0) is 15.2. The molecule has 0 bridgehead atoms. The maximum Gasteiger partial charge on any atom is 0.309 e. The molecule has 1 N–H and O–H groups in total. The second-order valence-electron chi connectivity index (χ2n) is 5.27. The molecule has 5 nitrogen and oxygen atoms in total. The first-order chi connectivity index (χ1) is 10.1. The van der Waals surface area contributed by atoms with Gasteiger partial charge in [-0.25, -0.2) is 0 Å². The first-order valence-electron chi connectivity index (χ1n) is 7.14. The molecule has 1 aromatic carbocycles. The van der Waals surface area contributed by atoms with E-state index in [-0.39, 0.29) is 30.2 Å². The Morgan fingerprint density at radius 3 is 2.33 bits per heavy atom. The summed E-state index contributed by atoms with van der Waals surface area (Å²) in [5.74, 6) is -0.738. The van der Waals surface area contributed by atoms with Crippen molar-refractivity contribution in [3.8, 4) is 0 Å². The van der Waals surface area contributed by atoms with Gasteiger partial charge in [-0.05, 0) is 44.0 Å². The molecule has 0 aliphatic heterocycles. The number of rotatable bonds is 5. The van der Waals surface area contributed by atoms with Crippen LogP contribution in [0.4, 0.5) is 5.69 Å². The molecule has 0 spiro atoms. The molecule has 0 atom stereocenters. The molecular formula is C16H19NO4. The smallest absolute Gasteiger partial charge is 0.309 e. The number of hydrogen-bond acceptors (Lipinski definition) is 4. The third-order valence-corrected chi connectivity index (χ3v) is 3.61. The molecule has 0 saturated heterocycles. The lowest BCUT2D eigenvalue weighted by atomic mass is 10.1. The summed E-state index contributed by atoms with van der Waals surface area (Å²) in [6, 6.07) is 6.58. The van der Waals surface area contributed by atoms with Crippen molar-refractivity contribution in [1.29, 1.82) is 0 Å². The van der Waals surface area contributed by atoms with Gasteiger partial charge in [-0.2, -0.15) is 0 Å². The van der Waals surface area contributed by atoms with Gasteiger partial charge in [0, 0.05) is 11.3 Å². The van der Waals surface area contributed by atoms with E-state index in [1.807, 2.05) is 0 Å². The number of benzene rings is 1. The molecule has 1 fully saturated rings. The number of nitrogens with one attached hydrogen (secondary N) is 1. The number of ketones is 1. The molecule has 1 saturated carbocycles. The number of hydrogen-bond donors (Lipinski definition) is 1. The second kappa shape index (κ2) is 7.02. The average Bonchev–Trinajstić information content (AvgIpc) is 2.99. The van der Waals surface area contributed by atoms with Gasteiger partial charge < -0.3 is 10.1 Å². The fraction of sp³-hybridized carbons (Fsp3) is 0.438. The number of anilines is 1. The Hall–Kier alpha value is -2.17. The number of carbonyl (C=O) groups is 3. The number of carbonyl (C=O) groups excluding carboxylic acids is 3. The van der Waals surface area contributed by atoms with Gasteiger partial charge in [-0.15, -0.1) is 0 Å². The van der Waals surface area contributed by atoms with Gasteiger partial charge in [-0.3, -0.25) is 14.4 Å². The zero-order valence-corrected chi connectivity index (χ0v) is 12.1. The predicted octanol–water partition coefficient (Wildman–Crippen LogP) is 2.56. The Morgan fingerprint density at radius 1 is 1.14 bits per heavy atom. The molecule has 0 unspecified atom stereocenters. The van der Waals surface area contributed by atoms with Gasteiger partial charge in [0.15, 0.2) is 12.4 Å². The standard InChI is InChI=1S/C16H19NO4/c1-11(18)12-6-8-14(9-7-12)17-15(19)10-21-16(20)13-4-2-3-5-13/h6-9,13H,2-5,10H2,1H3,(H,17,19). The van der Waals surface area contributed by atoms with Crippen LogP contribution in [-0.2, 0) is 14.3 Å². The Bertz CT molecular complexity index is 530. The minimum absolute atomic E-state index is 0.0293. The third kappa shape index (κ3) is 4.41. The first kappa shape index (κ1) is 15.2. The van der Waals surface area contributed by atoms with Crippen molar-refractivity contribution >= 4 is 23.3 Å². The summed E-state index contributed by atoms with van der Waals surface area (Å²) >= 11 is 0. The molecule has 0 heterocycles. The highest BCUT2D eigenvalue weighted by Crippen LogP contribution is 2.25. The summed E-state index contributed by atoms with van der Waals surface area (Å²) in [6.07, 6.45) is 3.81. The van der Waals surface area contributed by atoms with Gasteiger partial charge in [-0.1, -0.05) is 12.8 Å². The van der Waals surface area contributed by atoms with Crippen molar-refractivity contribution in [2.24, 2.45) is 5.92 Å². The summed E-state index contributed by atoms with van der Waals surface area (Å²) in [5.41, 5.74) is 1.16. The summed E-state index contributed by atoms with van der Waals surface area (Å²) in [7, 11) is 0. The van der Waals surface area contributed by atoms with Crippen LogP contribution in [-0.4, -0.2) is 24.3 Å². The van der Waals surface area contributed by atoms with Crippen LogP contribution in [0.3, 0.4) is 0 Å². The fourth-order valence-electron chi connectivity index (χ4n) is 2.40. The van der Waals surface area contributed by atoms with Gasteiger partial charge in [0.05, 0.1) is 5.92 Å². The van der Waals surface area contributed by atoms with Crippen molar-refractivity contribution in [2.75, 3.05) is 11.9 Å². The van der Waals surface area contributed by atoms with Gasteiger partial charge in [0.2, 0.25) is 0 Å². The van der Waals surface area contributed by atoms with Crippen LogP contribution in [0.15, 0.2) is 24.3 Å². The SMILES string of the molecule is CC(=O)c1ccc(NC(=O)COC(=O)C2CCCC2)cc1. The van der Waals surface area contributed by atoms with Crippen molar-refractivity contribution in [3.63, 3.8) is 0 Å². The van der Waals surface area contributed by atoms with Crippen LogP contribution in [0.2, 0.25) is 0 Å². The minimum Gasteiger partial charge on any atom is -0.455 e. The predicted molar refractivity (Wildman–Crippen MR) is 78.0 cm³/mol. The molecule has 1 aliphatic carbocycles. The van der Waals surface area contributed by atoms with E-state index in [2.05, 4.69) is 5.32 Å². The molecule has 0 radical (unpaired) electrons. The molecule has 1 aromatic rings. The normalized spacial score (nSPS) is 14.7.